The highest BCUT2D eigenvalue weighted by molar-refractivity contribution is 5.49. The molecule has 1 aromatic rings. The molecule has 1 aromatic carbocycles. The van der Waals surface area contributed by atoms with Gasteiger partial charge in [-0.2, -0.15) is 0 Å². The number of nitrogens with zero attached hydrogens (tertiary/aromatic N) is 1. The monoisotopic (exact) mass is 287 g/mol. The van der Waals surface area contributed by atoms with Crippen molar-refractivity contribution < 1.29 is 4.74 Å². The van der Waals surface area contributed by atoms with Crippen LogP contribution >= 0.6 is 0 Å². The van der Waals surface area contributed by atoms with Gasteiger partial charge in [0.1, 0.15) is 5.75 Å². The second-order valence-electron chi connectivity index (χ2n) is 7.43. The summed E-state index contributed by atoms with van der Waals surface area (Å²) < 4.78 is 5.25. The van der Waals surface area contributed by atoms with E-state index in [4.69, 9.17) is 4.74 Å². The molecule has 2 aliphatic rings. The van der Waals surface area contributed by atoms with Gasteiger partial charge in [0.05, 0.1) is 7.11 Å². The number of methoxy groups -OCH3 is 1. The van der Waals surface area contributed by atoms with Gasteiger partial charge in [0.2, 0.25) is 0 Å². The molecule has 2 fully saturated rings. The predicted octanol–water partition coefficient (Wildman–Crippen LogP) is 4.74. The van der Waals surface area contributed by atoms with Gasteiger partial charge in [0.15, 0.2) is 0 Å². The SMILES string of the molecule is COc1ccc(N2CCC3(CCC(C(C)C)C3)CC2)cc1. The number of ether oxygens (including phenoxy) is 1. The van der Waals surface area contributed by atoms with Crippen molar-refractivity contribution in [1.29, 1.82) is 0 Å². The molecule has 116 valence electrons. The van der Waals surface area contributed by atoms with E-state index in [1.807, 2.05) is 0 Å². The zero-order valence-corrected chi connectivity index (χ0v) is 13.8. The van der Waals surface area contributed by atoms with Gasteiger partial charge in [-0.05, 0) is 73.6 Å². The van der Waals surface area contributed by atoms with Crippen LogP contribution in [-0.4, -0.2) is 20.2 Å². The Morgan fingerprint density at radius 2 is 1.76 bits per heavy atom. The fourth-order valence-electron chi connectivity index (χ4n) is 4.31. The van der Waals surface area contributed by atoms with E-state index in [0.717, 1.165) is 17.6 Å². The molecule has 0 radical (unpaired) electrons. The zero-order chi connectivity index (χ0) is 14.9. The summed E-state index contributed by atoms with van der Waals surface area (Å²) in [5.74, 6) is 2.78. The van der Waals surface area contributed by atoms with Crippen LogP contribution in [0.1, 0.15) is 46.0 Å². The van der Waals surface area contributed by atoms with Gasteiger partial charge in [-0.3, -0.25) is 0 Å². The van der Waals surface area contributed by atoms with Gasteiger partial charge in [-0.25, -0.2) is 0 Å². The Balaban J connectivity index is 1.60. The van der Waals surface area contributed by atoms with Crippen molar-refractivity contribution in [3.05, 3.63) is 24.3 Å². The van der Waals surface area contributed by atoms with E-state index in [1.54, 1.807) is 7.11 Å². The highest BCUT2D eigenvalue weighted by atomic mass is 16.5. The minimum atomic E-state index is 0.665. The van der Waals surface area contributed by atoms with Crippen LogP contribution in [0.2, 0.25) is 0 Å². The molecule has 1 spiro atoms. The van der Waals surface area contributed by atoms with Crippen molar-refractivity contribution in [3.63, 3.8) is 0 Å². The molecule has 1 atom stereocenters. The molecule has 1 saturated heterocycles. The van der Waals surface area contributed by atoms with E-state index < -0.39 is 0 Å². The predicted molar refractivity (Wildman–Crippen MR) is 89.1 cm³/mol. The van der Waals surface area contributed by atoms with Gasteiger partial charge in [0.25, 0.3) is 0 Å². The lowest BCUT2D eigenvalue weighted by Gasteiger charge is -2.41. The summed E-state index contributed by atoms with van der Waals surface area (Å²) in [4.78, 5) is 2.55. The summed E-state index contributed by atoms with van der Waals surface area (Å²) in [5, 5.41) is 0. The highest BCUT2D eigenvalue weighted by Crippen LogP contribution is 2.51. The van der Waals surface area contributed by atoms with Gasteiger partial charge in [-0.15, -0.1) is 0 Å². The average molecular weight is 287 g/mol. The van der Waals surface area contributed by atoms with Crippen LogP contribution in [0.15, 0.2) is 24.3 Å². The van der Waals surface area contributed by atoms with Crippen molar-refractivity contribution in [2.24, 2.45) is 17.3 Å². The van der Waals surface area contributed by atoms with Crippen molar-refractivity contribution in [3.8, 4) is 5.75 Å². The van der Waals surface area contributed by atoms with E-state index in [9.17, 15) is 0 Å². The molecule has 0 bridgehead atoms. The van der Waals surface area contributed by atoms with Crippen LogP contribution in [-0.2, 0) is 0 Å². The van der Waals surface area contributed by atoms with Crippen molar-refractivity contribution >= 4 is 5.69 Å². The summed E-state index contributed by atoms with van der Waals surface area (Å²) >= 11 is 0. The van der Waals surface area contributed by atoms with Crippen LogP contribution in [0.3, 0.4) is 0 Å². The molecule has 1 saturated carbocycles. The second kappa shape index (κ2) is 5.90. The fraction of sp³-hybridized carbons (Fsp3) is 0.684. The summed E-state index contributed by atoms with van der Waals surface area (Å²) in [6.07, 6.45) is 7.15. The summed E-state index contributed by atoms with van der Waals surface area (Å²) in [5.41, 5.74) is 2.02. The first kappa shape index (κ1) is 14.7. The third kappa shape index (κ3) is 3.04. The zero-order valence-electron chi connectivity index (χ0n) is 13.8. The fourth-order valence-corrected chi connectivity index (χ4v) is 4.31. The lowest BCUT2D eigenvalue weighted by molar-refractivity contribution is 0.208. The molecule has 2 nitrogen and oxygen atoms in total. The number of rotatable bonds is 3. The third-order valence-electron chi connectivity index (χ3n) is 5.95. The number of hydrogen-bond acceptors (Lipinski definition) is 2. The molecular formula is C19H29NO. The maximum atomic E-state index is 5.25. The molecule has 0 amide bonds. The van der Waals surface area contributed by atoms with E-state index in [2.05, 4.69) is 43.0 Å². The Kier molecular flexibility index (Phi) is 4.14. The van der Waals surface area contributed by atoms with Gasteiger partial charge >= 0.3 is 0 Å². The molecule has 2 heteroatoms. The number of piperidine rings is 1. The first-order chi connectivity index (χ1) is 10.1. The Morgan fingerprint density at radius 3 is 2.29 bits per heavy atom. The van der Waals surface area contributed by atoms with Crippen LogP contribution in [0.25, 0.3) is 0 Å². The molecule has 0 aromatic heterocycles. The van der Waals surface area contributed by atoms with Crippen LogP contribution in [0.5, 0.6) is 5.75 Å². The minimum absolute atomic E-state index is 0.665. The van der Waals surface area contributed by atoms with Gasteiger partial charge < -0.3 is 9.64 Å². The summed E-state index contributed by atoms with van der Waals surface area (Å²) in [6, 6.07) is 8.54. The standard InChI is InChI=1S/C19H29NO/c1-15(2)16-8-9-19(14-16)10-12-20(13-11-19)17-4-6-18(21-3)7-5-17/h4-7,15-16H,8-14H2,1-3H3. The number of anilines is 1. The Morgan fingerprint density at radius 1 is 1.10 bits per heavy atom. The number of benzene rings is 1. The first-order valence-electron chi connectivity index (χ1n) is 8.51. The van der Waals surface area contributed by atoms with Crippen LogP contribution in [0.4, 0.5) is 5.69 Å². The normalized spacial score (nSPS) is 24.8. The van der Waals surface area contributed by atoms with Crippen LogP contribution in [0, 0.1) is 17.3 Å². The molecule has 0 N–H and O–H groups in total. The summed E-state index contributed by atoms with van der Waals surface area (Å²) in [7, 11) is 1.73. The lowest BCUT2D eigenvalue weighted by Crippen LogP contribution is -2.39. The summed E-state index contributed by atoms with van der Waals surface area (Å²) in [6.45, 7) is 7.24. The van der Waals surface area contributed by atoms with E-state index in [0.29, 0.717) is 5.41 Å². The van der Waals surface area contributed by atoms with Gasteiger partial charge in [0, 0.05) is 18.8 Å². The largest absolute Gasteiger partial charge is 0.497 e. The van der Waals surface area contributed by atoms with Gasteiger partial charge in [-0.1, -0.05) is 13.8 Å². The highest BCUT2D eigenvalue weighted by Gasteiger charge is 2.41. The first-order valence-corrected chi connectivity index (χ1v) is 8.51. The third-order valence-corrected chi connectivity index (χ3v) is 5.95. The van der Waals surface area contributed by atoms with E-state index in [-0.39, 0.29) is 0 Å². The molecule has 3 rings (SSSR count). The van der Waals surface area contributed by atoms with Crippen molar-refractivity contribution in [1.82, 2.24) is 0 Å². The topological polar surface area (TPSA) is 12.5 Å². The lowest BCUT2D eigenvalue weighted by atomic mass is 9.75. The van der Waals surface area contributed by atoms with Crippen molar-refractivity contribution in [2.75, 3.05) is 25.1 Å². The second-order valence-corrected chi connectivity index (χ2v) is 7.43. The van der Waals surface area contributed by atoms with Crippen LogP contribution < -0.4 is 9.64 Å². The molecular weight excluding hydrogens is 258 g/mol. The molecule has 1 unspecified atom stereocenters. The average Bonchev–Trinajstić information content (AvgIpc) is 2.92. The van der Waals surface area contributed by atoms with Crippen molar-refractivity contribution in [2.45, 2.75) is 46.0 Å². The quantitative estimate of drug-likeness (QED) is 0.796. The Hall–Kier alpha value is -1.18. The van der Waals surface area contributed by atoms with E-state index in [1.165, 1.54) is 50.9 Å². The Labute approximate surface area is 129 Å². The Bertz CT molecular complexity index is 457. The molecule has 1 aliphatic heterocycles. The maximum absolute atomic E-state index is 5.25. The minimum Gasteiger partial charge on any atom is -0.497 e. The molecule has 21 heavy (non-hydrogen) atoms. The molecule has 1 aliphatic carbocycles. The smallest absolute Gasteiger partial charge is 0.119 e. The van der Waals surface area contributed by atoms with E-state index >= 15 is 0 Å². The molecule has 1 heterocycles. The maximum Gasteiger partial charge on any atom is 0.119 e. The number of hydrogen-bond donors (Lipinski definition) is 0.